The van der Waals surface area contributed by atoms with E-state index in [1.165, 1.54) is 25.5 Å². The Bertz CT molecular complexity index is 609. The summed E-state index contributed by atoms with van der Waals surface area (Å²) in [6.07, 6.45) is 2.20. The predicted molar refractivity (Wildman–Crippen MR) is 89.3 cm³/mol. The molecule has 0 spiro atoms. The van der Waals surface area contributed by atoms with Crippen LogP contribution < -0.4 is 21.1 Å². The molecule has 1 aromatic rings. The first-order chi connectivity index (χ1) is 11.0. The van der Waals surface area contributed by atoms with E-state index in [1.807, 2.05) is 0 Å². The van der Waals surface area contributed by atoms with Gasteiger partial charge in [-0.05, 0) is 19.0 Å². The van der Waals surface area contributed by atoms with Crippen LogP contribution in [0.2, 0.25) is 0 Å². The number of amides is 1. The number of carbonyl (C=O) groups excluding carboxylic acids is 1. The van der Waals surface area contributed by atoms with Crippen LogP contribution in [-0.4, -0.2) is 55.8 Å². The summed E-state index contributed by atoms with van der Waals surface area (Å²) in [5.74, 6) is 0.0691. The molecule has 1 fully saturated rings. The van der Waals surface area contributed by atoms with Gasteiger partial charge < -0.3 is 25.8 Å². The van der Waals surface area contributed by atoms with E-state index in [0.717, 1.165) is 13.0 Å². The fourth-order valence-corrected chi connectivity index (χ4v) is 3.33. The number of ether oxygens (including phenoxy) is 2. The molecule has 1 amide bonds. The first-order valence-corrected chi connectivity index (χ1v) is 8.89. The molecular formula is C15H23N3O4S. The lowest BCUT2D eigenvalue weighted by Gasteiger charge is -2.31. The minimum absolute atomic E-state index is 0.0905. The summed E-state index contributed by atoms with van der Waals surface area (Å²) >= 11 is 0. The molecule has 3 atom stereocenters. The summed E-state index contributed by atoms with van der Waals surface area (Å²) in [5, 5.41) is 6.20. The number of hydrogen-bond donors (Lipinski definition) is 3. The van der Waals surface area contributed by atoms with E-state index in [9.17, 15) is 9.00 Å². The molecule has 23 heavy (non-hydrogen) atoms. The molecule has 2 rings (SSSR count). The van der Waals surface area contributed by atoms with Crippen molar-refractivity contribution in [3.05, 3.63) is 17.7 Å². The summed E-state index contributed by atoms with van der Waals surface area (Å²) in [5.41, 5.74) is 6.52. The number of nitrogens with two attached hydrogens (primary N) is 1. The average molecular weight is 341 g/mol. The van der Waals surface area contributed by atoms with Gasteiger partial charge in [0.2, 0.25) is 0 Å². The van der Waals surface area contributed by atoms with Crippen molar-refractivity contribution in [1.29, 1.82) is 0 Å². The molecular weight excluding hydrogens is 318 g/mol. The lowest BCUT2D eigenvalue weighted by atomic mass is 10.0. The number of benzene rings is 1. The molecule has 1 heterocycles. The third kappa shape index (κ3) is 4.01. The number of rotatable bonds is 5. The molecule has 1 aliphatic rings. The Morgan fingerprint density at radius 1 is 1.43 bits per heavy atom. The van der Waals surface area contributed by atoms with E-state index in [0.29, 0.717) is 28.4 Å². The van der Waals surface area contributed by atoms with Crippen molar-refractivity contribution in [3.8, 4) is 5.75 Å². The monoisotopic (exact) mass is 341 g/mol. The van der Waals surface area contributed by atoms with Gasteiger partial charge in [0.15, 0.2) is 0 Å². The van der Waals surface area contributed by atoms with Crippen molar-refractivity contribution in [3.63, 3.8) is 0 Å². The van der Waals surface area contributed by atoms with E-state index in [-0.39, 0.29) is 18.1 Å². The predicted octanol–water partition coefficient (Wildman–Crippen LogP) is 0.122. The molecule has 1 aromatic carbocycles. The minimum atomic E-state index is -1.29. The van der Waals surface area contributed by atoms with Crippen LogP contribution in [0.5, 0.6) is 5.75 Å². The number of methoxy groups -OCH3 is 2. The Hall–Kier alpha value is -1.64. The van der Waals surface area contributed by atoms with Gasteiger partial charge in [0.25, 0.3) is 5.91 Å². The lowest BCUT2D eigenvalue weighted by Crippen LogP contribution is -2.53. The zero-order valence-corrected chi connectivity index (χ0v) is 14.4. The molecule has 128 valence electrons. The topological polar surface area (TPSA) is 103 Å². The fraction of sp³-hybridized carbons (Fsp3) is 0.533. The number of anilines is 1. The van der Waals surface area contributed by atoms with E-state index in [1.54, 1.807) is 7.11 Å². The highest BCUT2D eigenvalue weighted by Gasteiger charge is 2.27. The number of piperidine rings is 1. The molecule has 1 saturated heterocycles. The third-order valence-corrected chi connectivity index (χ3v) is 4.90. The normalized spacial score (nSPS) is 22.4. The van der Waals surface area contributed by atoms with Crippen molar-refractivity contribution < 1.29 is 18.5 Å². The second-order valence-corrected chi connectivity index (χ2v) is 6.74. The maximum absolute atomic E-state index is 12.6. The van der Waals surface area contributed by atoms with Gasteiger partial charge in [-0.2, -0.15) is 0 Å². The van der Waals surface area contributed by atoms with Gasteiger partial charge in [-0.25, -0.2) is 0 Å². The van der Waals surface area contributed by atoms with Crippen LogP contribution in [-0.2, 0) is 15.5 Å². The van der Waals surface area contributed by atoms with Crippen LogP contribution in [0, 0.1) is 0 Å². The van der Waals surface area contributed by atoms with Crippen molar-refractivity contribution in [2.75, 3.05) is 39.3 Å². The largest absolute Gasteiger partial charge is 0.496 e. The van der Waals surface area contributed by atoms with Crippen molar-refractivity contribution in [1.82, 2.24) is 10.6 Å². The quantitative estimate of drug-likeness (QED) is 0.658. The molecule has 0 bridgehead atoms. The zero-order chi connectivity index (χ0) is 17.0. The molecule has 8 heteroatoms. The van der Waals surface area contributed by atoms with Crippen molar-refractivity contribution in [2.24, 2.45) is 0 Å². The van der Waals surface area contributed by atoms with Gasteiger partial charge in [-0.1, -0.05) is 0 Å². The summed E-state index contributed by atoms with van der Waals surface area (Å²) in [6.45, 7) is 1.50. The highest BCUT2D eigenvalue weighted by Crippen LogP contribution is 2.27. The average Bonchev–Trinajstić information content (AvgIpc) is 2.54. The van der Waals surface area contributed by atoms with Gasteiger partial charge >= 0.3 is 0 Å². The molecule has 3 unspecified atom stereocenters. The van der Waals surface area contributed by atoms with Crippen LogP contribution >= 0.6 is 0 Å². The summed E-state index contributed by atoms with van der Waals surface area (Å²) in [7, 11) is 1.80. The summed E-state index contributed by atoms with van der Waals surface area (Å²) in [6, 6.07) is 2.97. The SMILES string of the molecule is COc1cc(N)c(S(C)=O)cc1C(=O)NC1CCNCC1OC. The second-order valence-electron chi connectivity index (χ2n) is 5.39. The highest BCUT2D eigenvalue weighted by molar-refractivity contribution is 7.84. The minimum Gasteiger partial charge on any atom is -0.496 e. The number of hydrogen-bond acceptors (Lipinski definition) is 6. The number of nitrogens with one attached hydrogen (secondary N) is 2. The molecule has 1 aliphatic heterocycles. The van der Waals surface area contributed by atoms with Crippen LogP contribution in [0.15, 0.2) is 17.0 Å². The van der Waals surface area contributed by atoms with Crippen molar-refractivity contribution in [2.45, 2.75) is 23.5 Å². The Morgan fingerprint density at radius 3 is 2.78 bits per heavy atom. The molecule has 0 aromatic heterocycles. The fourth-order valence-electron chi connectivity index (χ4n) is 2.66. The van der Waals surface area contributed by atoms with E-state index in [2.05, 4.69) is 10.6 Å². The highest BCUT2D eigenvalue weighted by atomic mass is 32.2. The smallest absolute Gasteiger partial charge is 0.255 e. The Kier molecular flexibility index (Phi) is 5.97. The Morgan fingerprint density at radius 2 is 2.17 bits per heavy atom. The maximum Gasteiger partial charge on any atom is 0.255 e. The first-order valence-electron chi connectivity index (χ1n) is 7.33. The van der Waals surface area contributed by atoms with Crippen LogP contribution in [0.4, 0.5) is 5.69 Å². The number of carbonyl (C=O) groups is 1. The maximum atomic E-state index is 12.6. The van der Waals surface area contributed by atoms with Gasteiger partial charge in [0.1, 0.15) is 5.75 Å². The van der Waals surface area contributed by atoms with Gasteiger partial charge in [0.05, 0.1) is 46.2 Å². The van der Waals surface area contributed by atoms with E-state index >= 15 is 0 Å². The third-order valence-electron chi connectivity index (χ3n) is 3.93. The number of nitrogen functional groups attached to an aromatic ring is 1. The van der Waals surface area contributed by atoms with Gasteiger partial charge in [0, 0.05) is 26.0 Å². The zero-order valence-electron chi connectivity index (χ0n) is 13.5. The summed E-state index contributed by atoms with van der Waals surface area (Å²) < 4.78 is 22.4. The Labute approximate surface area is 138 Å². The van der Waals surface area contributed by atoms with Crippen molar-refractivity contribution >= 4 is 22.4 Å². The second kappa shape index (κ2) is 7.76. The van der Waals surface area contributed by atoms with Gasteiger partial charge in [-0.15, -0.1) is 0 Å². The Balaban J connectivity index is 2.27. The van der Waals surface area contributed by atoms with E-state index in [4.69, 9.17) is 15.2 Å². The standard InChI is InChI=1S/C15H23N3O4S/c1-21-12-7-10(16)14(23(3)20)6-9(12)15(19)18-11-4-5-17-8-13(11)22-2/h6-7,11,13,17H,4-5,8,16H2,1-3H3,(H,18,19). The van der Waals surface area contributed by atoms with Crippen LogP contribution in [0.25, 0.3) is 0 Å². The van der Waals surface area contributed by atoms with Crippen LogP contribution in [0.3, 0.4) is 0 Å². The molecule has 7 nitrogen and oxygen atoms in total. The van der Waals surface area contributed by atoms with Crippen LogP contribution in [0.1, 0.15) is 16.8 Å². The van der Waals surface area contributed by atoms with E-state index < -0.39 is 10.8 Å². The molecule has 0 aliphatic carbocycles. The summed E-state index contributed by atoms with van der Waals surface area (Å²) in [4.78, 5) is 13.1. The molecule has 0 saturated carbocycles. The molecule has 0 radical (unpaired) electrons. The molecule has 4 N–H and O–H groups in total. The lowest BCUT2D eigenvalue weighted by molar-refractivity contribution is 0.0476. The first kappa shape index (κ1) is 17.7. The van der Waals surface area contributed by atoms with Gasteiger partial charge in [-0.3, -0.25) is 9.00 Å².